The predicted octanol–water partition coefficient (Wildman–Crippen LogP) is 10.7. The van der Waals surface area contributed by atoms with Crippen molar-refractivity contribution in [2.75, 3.05) is 4.90 Å². The van der Waals surface area contributed by atoms with E-state index in [4.69, 9.17) is 0 Å². The lowest BCUT2D eigenvalue weighted by atomic mass is 9.90. The molecule has 1 aromatic heterocycles. The minimum Gasteiger partial charge on any atom is -0.337 e. The van der Waals surface area contributed by atoms with Gasteiger partial charge in [-0.05, 0) is 95.9 Å². The van der Waals surface area contributed by atoms with E-state index in [9.17, 15) is 15.8 Å². The molecule has 0 fully saturated rings. The lowest BCUT2D eigenvalue weighted by molar-refractivity contribution is 0.683. The third-order valence-electron chi connectivity index (χ3n) is 9.98. The van der Waals surface area contributed by atoms with Crippen molar-refractivity contribution in [1.82, 2.24) is 4.57 Å². The Balaban J connectivity index is 1.24. The highest BCUT2D eigenvalue weighted by Gasteiger charge is 2.36. The van der Waals surface area contributed by atoms with Crippen LogP contribution in [-0.4, -0.2) is 10.6 Å². The monoisotopic (exact) mass is 653 g/mol. The van der Waals surface area contributed by atoms with E-state index in [0.29, 0.717) is 16.7 Å². The number of fused-ring (bicyclic) bond motifs is 4. The second-order valence-electron chi connectivity index (χ2n) is 12.8. The number of aromatic nitrogens is 1. The summed E-state index contributed by atoms with van der Waals surface area (Å²) in [6.45, 7) is 6.04. The van der Waals surface area contributed by atoms with Crippen molar-refractivity contribution >= 4 is 27.5 Å². The predicted molar refractivity (Wildman–Crippen MR) is 206 cm³/mol. The molecular formula is C46H31N5. The first kappa shape index (κ1) is 31.2. The first-order valence-electron chi connectivity index (χ1n) is 16.8. The Hall–Kier alpha value is -7.13. The molecule has 0 radical (unpaired) electrons. The Kier molecular flexibility index (Phi) is 7.77. The minimum atomic E-state index is 0.201. The molecule has 6 aromatic rings. The maximum atomic E-state index is 10.2. The molecule has 0 spiro atoms. The standard InChI is InChI=1S/C46H31N5/c1-3-4-9-38-30(2)50(44-13-8-6-11-40(38)44)37-18-16-34(17-19-37)35-22-33(29-49)23-36(26-35)39-10-5-7-12-43(39)51-45-21-15-31(27-47)24-42(45)41-20-14-32(28-48)25-46(41)51/h3-26,40,44H,1H2,2H3/b9-4-. The molecule has 240 valence electrons. The van der Waals surface area contributed by atoms with Crippen molar-refractivity contribution in [2.24, 2.45) is 5.92 Å². The van der Waals surface area contributed by atoms with Gasteiger partial charge in [0, 0.05) is 33.6 Å². The number of rotatable bonds is 6. The van der Waals surface area contributed by atoms with Gasteiger partial charge in [-0.15, -0.1) is 0 Å². The van der Waals surface area contributed by atoms with Crippen LogP contribution in [0.5, 0.6) is 0 Å². The molecule has 1 aliphatic carbocycles. The quantitative estimate of drug-likeness (QED) is 0.168. The normalized spacial score (nSPS) is 16.4. The summed E-state index contributed by atoms with van der Waals surface area (Å²) in [6, 6.07) is 41.2. The lowest BCUT2D eigenvalue weighted by Crippen LogP contribution is -2.32. The lowest BCUT2D eigenvalue weighted by Gasteiger charge is -2.30. The average molecular weight is 654 g/mol. The van der Waals surface area contributed by atoms with Gasteiger partial charge in [-0.1, -0.05) is 85.5 Å². The largest absolute Gasteiger partial charge is 0.337 e. The van der Waals surface area contributed by atoms with E-state index in [-0.39, 0.29) is 12.0 Å². The number of anilines is 1. The highest BCUT2D eigenvalue weighted by atomic mass is 15.2. The maximum Gasteiger partial charge on any atom is 0.0992 e. The smallest absolute Gasteiger partial charge is 0.0992 e. The van der Waals surface area contributed by atoms with Gasteiger partial charge in [0.15, 0.2) is 0 Å². The van der Waals surface area contributed by atoms with Crippen LogP contribution < -0.4 is 4.90 Å². The van der Waals surface area contributed by atoms with Gasteiger partial charge in [0.2, 0.25) is 0 Å². The van der Waals surface area contributed by atoms with Crippen LogP contribution in [0.2, 0.25) is 0 Å². The van der Waals surface area contributed by atoms with E-state index >= 15 is 0 Å². The summed E-state index contributed by atoms with van der Waals surface area (Å²) in [5.74, 6) is 0.273. The third-order valence-corrected chi connectivity index (χ3v) is 9.98. The molecule has 0 amide bonds. The van der Waals surface area contributed by atoms with Crippen LogP contribution in [0.4, 0.5) is 5.69 Å². The molecule has 51 heavy (non-hydrogen) atoms. The first-order chi connectivity index (χ1) is 25.0. The van der Waals surface area contributed by atoms with Gasteiger partial charge in [-0.2, -0.15) is 15.8 Å². The summed E-state index contributed by atoms with van der Waals surface area (Å²) < 4.78 is 2.15. The molecule has 0 saturated heterocycles. The summed E-state index contributed by atoms with van der Waals surface area (Å²) in [4.78, 5) is 2.40. The summed E-state index contributed by atoms with van der Waals surface area (Å²) in [5.41, 5.74) is 11.8. The summed E-state index contributed by atoms with van der Waals surface area (Å²) in [7, 11) is 0. The van der Waals surface area contributed by atoms with E-state index in [1.165, 1.54) is 11.3 Å². The molecule has 8 rings (SSSR count). The molecule has 2 unspecified atom stereocenters. The maximum absolute atomic E-state index is 10.2. The van der Waals surface area contributed by atoms with E-state index in [0.717, 1.165) is 55.4 Å². The molecule has 1 aliphatic heterocycles. The van der Waals surface area contributed by atoms with Gasteiger partial charge >= 0.3 is 0 Å². The number of para-hydroxylation sites is 1. The van der Waals surface area contributed by atoms with Crippen molar-refractivity contribution in [1.29, 1.82) is 15.8 Å². The molecule has 5 aromatic carbocycles. The second-order valence-corrected chi connectivity index (χ2v) is 12.8. The van der Waals surface area contributed by atoms with Crippen molar-refractivity contribution in [3.8, 4) is 46.1 Å². The highest BCUT2D eigenvalue weighted by Crippen LogP contribution is 2.42. The molecule has 2 atom stereocenters. The van der Waals surface area contributed by atoms with Crippen molar-refractivity contribution in [3.63, 3.8) is 0 Å². The number of hydrogen-bond acceptors (Lipinski definition) is 4. The van der Waals surface area contributed by atoms with Gasteiger partial charge < -0.3 is 9.47 Å². The SMILES string of the molecule is C=C/C=C\C1=C(C)N(c2ccc(-c3cc(C#N)cc(-c4ccccc4-n4c5ccc(C#N)cc5c5ccc(C#N)cc54)c3)cc2)C2C=CC=CC12. The Labute approximate surface area is 297 Å². The van der Waals surface area contributed by atoms with Crippen LogP contribution in [0.15, 0.2) is 164 Å². The fourth-order valence-electron chi connectivity index (χ4n) is 7.66. The van der Waals surface area contributed by atoms with E-state index in [1.807, 2.05) is 72.8 Å². The summed E-state index contributed by atoms with van der Waals surface area (Å²) in [5, 5.41) is 31.5. The van der Waals surface area contributed by atoms with Crippen LogP contribution in [0.1, 0.15) is 23.6 Å². The van der Waals surface area contributed by atoms with Gasteiger partial charge in [-0.25, -0.2) is 0 Å². The molecule has 0 N–H and O–H groups in total. The number of nitrogens with zero attached hydrogens (tertiary/aromatic N) is 5. The number of nitriles is 3. The zero-order valence-corrected chi connectivity index (χ0v) is 28.0. The van der Waals surface area contributed by atoms with Crippen LogP contribution in [-0.2, 0) is 0 Å². The summed E-state index contributed by atoms with van der Waals surface area (Å²) in [6.07, 6.45) is 14.7. The Morgan fingerprint density at radius 2 is 1.39 bits per heavy atom. The Bertz CT molecular complexity index is 2660. The summed E-state index contributed by atoms with van der Waals surface area (Å²) >= 11 is 0. The van der Waals surface area contributed by atoms with Crippen LogP contribution >= 0.6 is 0 Å². The molecule has 2 aliphatic rings. The Morgan fingerprint density at radius 3 is 2.18 bits per heavy atom. The van der Waals surface area contributed by atoms with E-state index in [2.05, 4.69) is 114 Å². The fourth-order valence-corrected chi connectivity index (χ4v) is 7.66. The van der Waals surface area contributed by atoms with Crippen molar-refractivity contribution in [3.05, 3.63) is 180 Å². The Morgan fingerprint density at radius 1 is 0.667 bits per heavy atom. The van der Waals surface area contributed by atoms with Crippen LogP contribution in [0.25, 0.3) is 49.7 Å². The zero-order valence-electron chi connectivity index (χ0n) is 28.0. The topological polar surface area (TPSA) is 79.5 Å². The fraction of sp³-hybridized carbons (Fsp3) is 0.0652. The molecule has 5 nitrogen and oxygen atoms in total. The third kappa shape index (κ3) is 5.24. The zero-order chi connectivity index (χ0) is 35.1. The number of benzene rings is 5. The highest BCUT2D eigenvalue weighted by molar-refractivity contribution is 6.10. The van der Waals surface area contributed by atoms with Gasteiger partial charge in [-0.3, -0.25) is 0 Å². The molecule has 5 heteroatoms. The molecular weight excluding hydrogens is 623 g/mol. The van der Waals surface area contributed by atoms with E-state index < -0.39 is 0 Å². The van der Waals surface area contributed by atoms with E-state index in [1.54, 1.807) is 0 Å². The average Bonchev–Trinajstić information content (AvgIpc) is 3.66. The van der Waals surface area contributed by atoms with Crippen LogP contribution in [0.3, 0.4) is 0 Å². The number of allylic oxidation sites excluding steroid dienone is 6. The number of hydrogen-bond donors (Lipinski definition) is 0. The first-order valence-corrected chi connectivity index (χ1v) is 16.8. The second kappa shape index (κ2) is 12.7. The van der Waals surface area contributed by atoms with Gasteiger partial charge in [0.1, 0.15) is 0 Å². The van der Waals surface area contributed by atoms with Crippen molar-refractivity contribution in [2.45, 2.75) is 13.0 Å². The molecule has 2 heterocycles. The van der Waals surface area contributed by atoms with Crippen molar-refractivity contribution < 1.29 is 0 Å². The van der Waals surface area contributed by atoms with Crippen LogP contribution in [0, 0.1) is 39.9 Å². The molecule has 0 saturated carbocycles. The van der Waals surface area contributed by atoms with Gasteiger partial charge in [0.25, 0.3) is 0 Å². The minimum absolute atomic E-state index is 0.201. The van der Waals surface area contributed by atoms with Gasteiger partial charge in [0.05, 0.1) is 57.7 Å². The molecule has 0 bridgehead atoms.